The number of nitriles is 1. The lowest BCUT2D eigenvalue weighted by Gasteiger charge is -2.05. The topological polar surface area (TPSA) is 56.6 Å². The van der Waals surface area contributed by atoms with Gasteiger partial charge in [-0.15, -0.1) is 11.8 Å². The first-order chi connectivity index (χ1) is 6.72. The van der Waals surface area contributed by atoms with Crippen molar-refractivity contribution in [3.05, 3.63) is 27.5 Å². The van der Waals surface area contributed by atoms with Crippen LogP contribution in [0.5, 0.6) is 0 Å². The van der Waals surface area contributed by atoms with Crippen molar-refractivity contribution in [1.82, 2.24) is 4.98 Å². The zero-order chi connectivity index (χ0) is 10.6. The smallest absolute Gasteiger partial charge is 0.249 e. The molecule has 0 unspecified atom stereocenters. The molecule has 0 saturated heterocycles. The fourth-order valence-electron chi connectivity index (χ4n) is 1.24. The van der Waals surface area contributed by atoms with Gasteiger partial charge in [0.1, 0.15) is 6.07 Å². The third-order valence-electron chi connectivity index (χ3n) is 1.87. The van der Waals surface area contributed by atoms with Crippen molar-refractivity contribution in [2.45, 2.75) is 25.3 Å². The van der Waals surface area contributed by atoms with Crippen molar-refractivity contribution in [1.29, 1.82) is 5.26 Å². The molecule has 0 aromatic carbocycles. The van der Waals surface area contributed by atoms with Crippen molar-refractivity contribution in [3.8, 4) is 6.07 Å². The second-order valence-electron chi connectivity index (χ2n) is 2.76. The Hall–Kier alpha value is -1.21. The van der Waals surface area contributed by atoms with Gasteiger partial charge < -0.3 is 4.98 Å². The van der Waals surface area contributed by atoms with Crippen LogP contribution in [0.25, 0.3) is 0 Å². The summed E-state index contributed by atoms with van der Waals surface area (Å²) in [6.07, 6.45) is 0.712. The molecule has 0 fully saturated rings. The van der Waals surface area contributed by atoms with Gasteiger partial charge in [0.2, 0.25) is 5.56 Å². The van der Waals surface area contributed by atoms with E-state index in [1.54, 1.807) is 0 Å². The number of aryl methyl sites for hydroxylation is 1. The van der Waals surface area contributed by atoms with Crippen molar-refractivity contribution in [2.75, 3.05) is 5.75 Å². The average Bonchev–Trinajstić information content (AvgIpc) is 2.17. The number of nitrogens with one attached hydrogen (secondary N) is 1. The van der Waals surface area contributed by atoms with Gasteiger partial charge in [-0.3, -0.25) is 4.79 Å². The first-order valence-electron chi connectivity index (χ1n) is 4.52. The predicted octanol–water partition coefficient (Wildman–Crippen LogP) is 1.92. The summed E-state index contributed by atoms with van der Waals surface area (Å²) < 4.78 is 0. The molecule has 1 aromatic heterocycles. The lowest BCUT2D eigenvalue weighted by molar-refractivity contribution is 0.998. The summed E-state index contributed by atoms with van der Waals surface area (Å²) in [6.45, 7) is 3.93. The van der Waals surface area contributed by atoms with Crippen molar-refractivity contribution in [2.24, 2.45) is 0 Å². The number of hydrogen-bond acceptors (Lipinski definition) is 3. The molecule has 0 aliphatic carbocycles. The van der Waals surface area contributed by atoms with Gasteiger partial charge in [0.25, 0.3) is 0 Å². The molecule has 0 bridgehead atoms. The van der Waals surface area contributed by atoms with Crippen LogP contribution in [0.15, 0.2) is 15.9 Å². The zero-order valence-corrected chi connectivity index (χ0v) is 9.07. The van der Waals surface area contributed by atoms with E-state index >= 15 is 0 Å². The second kappa shape index (κ2) is 4.87. The third-order valence-corrected chi connectivity index (χ3v) is 2.76. The molecule has 1 N–H and O–H groups in total. The predicted molar refractivity (Wildman–Crippen MR) is 57.6 cm³/mol. The van der Waals surface area contributed by atoms with Crippen LogP contribution in [0.2, 0.25) is 0 Å². The van der Waals surface area contributed by atoms with E-state index in [2.05, 4.69) is 11.1 Å². The summed E-state index contributed by atoms with van der Waals surface area (Å²) in [7, 11) is 0. The summed E-state index contributed by atoms with van der Waals surface area (Å²) in [5.74, 6) is 0.845. The number of rotatable bonds is 3. The van der Waals surface area contributed by atoms with Gasteiger partial charge in [-0.05, 0) is 17.7 Å². The van der Waals surface area contributed by atoms with Gasteiger partial charge in [0, 0.05) is 6.07 Å². The lowest BCUT2D eigenvalue weighted by Crippen LogP contribution is -2.09. The molecule has 0 aliphatic heterocycles. The first kappa shape index (κ1) is 10.9. The molecule has 0 saturated carbocycles. The number of hydrogen-bond donors (Lipinski definition) is 1. The zero-order valence-electron chi connectivity index (χ0n) is 8.26. The van der Waals surface area contributed by atoms with Crippen LogP contribution in [0, 0.1) is 11.3 Å². The van der Waals surface area contributed by atoms with Gasteiger partial charge in [-0.25, -0.2) is 0 Å². The number of H-pyrrole nitrogens is 1. The van der Waals surface area contributed by atoms with Crippen LogP contribution in [-0.2, 0) is 6.42 Å². The lowest BCUT2D eigenvalue weighted by atomic mass is 10.1. The van der Waals surface area contributed by atoms with E-state index in [1.807, 2.05) is 13.8 Å². The van der Waals surface area contributed by atoms with Crippen LogP contribution in [0.4, 0.5) is 0 Å². The molecule has 4 heteroatoms. The molecule has 14 heavy (non-hydrogen) atoms. The van der Waals surface area contributed by atoms with E-state index < -0.39 is 0 Å². The minimum Gasteiger partial charge on any atom is -0.316 e. The fourth-order valence-corrected chi connectivity index (χ4v) is 2.02. The minimum atomic E-state index is -0.128. The van der Waals surface area contributed by atoms with E-state index in [4.69, 9.17) is 5.26 Å². The molecule has 74 valence electrons. The van der Waals surface area contributed by atoms with Crippen LogP contribution >= 0.6 is 11.8 Å². The van der Waals surface area contributed by atoms with Crippen LogP contribution in [0.1, 0.15) is 25.0 Å². The molecule has 1 aromatic rings. The van der Waals surface area contributed by atoms with Crippen LogP contribution in [-0.4, -0.2) is 10.7 Å². The Morgan fingerprint density at radius 2 is 2.29 bits per heavy atom. The maximum absolute atomic E-state index is 11.2. The normalized spacial score (nSPS) is 9.79. The SMILES string of the molecule is CCSc1[nH]c(=O)cc(CC)c1C#N. The summed E-state index contributed by atoms with van der Waals surface area (Å²) in [5.41, 5.74) is 1.31. The molecular formula is C10H12N2OS. The maximum atomic E-state index is 11.2. The molecule has 0 spiro atoms. The largest absolute Gasteiger partial charge is 0.316 e. The quantitative estimate of drug-likeness (QED) is 0.772. The van der Waals surface area contributed by atoms with Gasteiger partial charge in [-0.2, -0.15) is 5.26 Å². The highest BCUT2D eigenvalue weighted by atomic mass is 32.2. The summed E-state index contributed by atoms with van der Waals surface area (Å²) in [4.78, 5) is 13.9. The van der Waals surface area contributed by atoms with Crippen LogP contribution < -0.4 is 5.56 Å². The fraction of sp³-hybridized carbons (Fsp3) is 0.400. The highest BCUT2D eigenvalue weighted by Gasteiger charge is 2.08. The summed E-state index contributed by atoms with van der Waals surface area (Å²) in [5, 5.41) is 9.66. The Morgan fingerprint density at radius 3 is 2.79 bits per heavy atom. The molecule has 1 rings (SSSR count). The molecule has 0 aliphatic rings. The number of aromatic amines is 1. The van der Waals surface area contributed by atoms with Gasteiger partial charge >= 0.3 is 0 Å². The second-order valence-corrected chi connectivity index (χ2v) is 4.04. The van der Waals surface area contributed by atoms with E-state index in [0.717, 1.165) is 11.3 Å². The van der Waals surface area contributed by atoms with Crippen molar-refractivity contribution < 1.29 is 0 Å². The Morgan fingerprint density at radius 1 is 1.57 bits per heavy atom. The molecule has 1 heterocycles. The highest BCUT2D eigenvalue weighted by molar-refractivity contribution is 7.99. The molecule has 0 amide bonds. The van der Waals surface area contributed by atoms with E-state index in [1.165, 1.54) is 17.8 Å². The standard InChI is InChI=1S/C10H12N2OS/c1-3-7-5-9(13)12-10(14-4-2)8(7)6-11/h5H,3-4H2,1-2H3,(H,12,13). The summed E-state index contributed by atoms with van der Waals surface area (Å²) in [6, 6.07) is 3.63. The Bertz CT molecular complexity index is 417. The number of pyridine rings is 1. The minimum absolute atomic E-state index is 0.128. The molecular weight excluding hydrogens is 196 g/mol. The Labute approximate surface area is 87.2 Å². The maximum Gasteiger partial charge on any atom is 0.249 e. The molecule has 0 atom stereocenters. The first-order valence-corrected chi connectivity index (χ1v) is 5.50. The van der Waals surface area contributed by atoms with E-state index in [0.29, 0.717) is 17.0 Å². The molecule has 0 radical (unpaired) electrons. The van der Waals surface area contributed by atoms with E-state index in [9.17, 15) is 4.79 Å². The van der Waals surface area contributed by atoms with Crippen LogP contribution in [0.3, 0.4) is 0 Å². The molecule has 3 nitrogen and oxygen atoms in total. The third kappa shape index (κ3) is 2.18. The van der Waals surface area contributed by atoms with Gasteiger partial charge in [0.15, 0.2) is 0 Å². The number of aromatic nitrogens is 1. The monoisotopic (exact) mass is 208 g/mol. The number of thioether (sulfide) groups is 1. The average molecular weight is 208 g/mol. The van der Waals surface area contributed by atoms with Gasteiger partial charge in [-0.1, -0.05) is 13.8 Å². The highest BCUT2D eigenvalue weighted by Crippen LogP contribution is 2.20. The summed E-state index contributed by atoms with van der Waals surface area (Å²) >= 11 is 1.49. The van der Waals surface area contributed by atoms with Crippen molar-refractivity contribution >= 4 is 11.8 Å². The number of nitrogens with zero attached hydrogens (tertiary/aromatic N) is 1. The Kier molecular flexibility index (Phi) is 3.78. The Balaban J connectivity index is 3.33. The van der Waals surface area contributed by atoms with Crippen molar-refractivity contribution in [3.63, 3.8) is 0 Å². The van der Waals surface area contributed by atoms with E-state index in [-0.39, 0.29) is 5.56 Å². The van der Waals surface area contributed by atoms with Gasteiger partial charge in [0.05, 0.1) is 10.6 Å².